The number of carbonyl (C=O) groups excluding carboxylic acids is 1. The summed E-state index contributed by atoms with van der Waals surface area (Å²) in [6, 6.07) is 6.93. The number of aromatic nitrogens is 4. The number of amides is 1. The highest BCUT2D eigenvalue weighted by atomic mass is 35.5. The normalized spacial score (nSPS) is 10.8. The maximum absolute atomic E-state index is 12.1. The second-order valence-electron chi connectivity index (χ2n) is 5.73. The van der Waals surface area contributed by atoms with Crippen LogP contribution < -0.4 is 5.32 Å². The minimum atomic E-state index is -0.540. The molecular formula is C16H14Cl2N6O3. The molecule has 0 atom stereocenters. The van der Waals surface area contributed by atoms with Gasteiger partial charge in [-0.3, -0.25) is 24.3 Å². The zero-order valence-corrected chi connectivity index (χ0v) is 15.6. The summed E-state index contributed by atoms with van der Waals surface area (Å²) in [5, 5.41) is 22.5. The standard InChI is InChI=1S/C16H14Cl2N6O3/c1-10-14(24(26)27)7-19-23(10)9-16(25)20-15-4-5-22(21-15)8-11-2-3-12(17)13(18)6-11/h2-7H,8-9H2,1H3,(H,20,21,25). The SMILES string of the molecule is Cc1c([N+](=O)[O-])cnn1CC(=O)Nc1ccn(Cc2ccc(Cl)c(Cl)c2)n1. The Labute approximate surface area is 163 Å². The molecule has 0 bridgehead atoms. The molecule has 2 heterocycles. The zero-order valence-electron chi connectivity index (χ0n) is 14.1. The van der Waals surface area contributed by atoms with E-state index in [0.717, 1.165) is 11.8 Å². The molecule has 1 aromatic carbocycles. The van der Waals surface area contributed by atoms with Crippen molar-refractivity contribution in [3.63, 3.8) is 0 Å². The van der Waals surface area contributed by atoms with Crippen molar-refractivity contribution in [3.05, 3.63) is 68.1 Å². The number of benzene rings is 1. The summed E-state index contributed by atoms with van der Waals surface area (Å²) in [5.41, 5.74) is 1.08. The summed E-state index contributed by atoms with van der Waals surface area (Å²) in [7, 11) is 0. The van der Waals surface area contributed by atoms with Crippen LogP contribution in [-0.4, -0.2) is 30.4 Å². The number of halogens is 2. The Morgan fingerprint density at radius 1 is 1.30 bits per heavy atom. The first kappa shape index (κ1) is 18.9. The molecule has 0 aliphatic carbocycles. The van der Waals surface area contributed by atoms with E-state index in [2.05, 4.69) is 15.5 Å². The molecule has 0 aliphatic heterocycles. The van der Waals surface area contributed by atoms with Gasteiger partial charge in [0.05, 0.1) is 21.5 Å². The maximum atomic E-state index is 12.1. The Kier molecular flexibility index (Phi) is 5.43. The molecule has 0 unspecified atom stereocenters. The van der Waals surface area contributed by atoms with Crippen LogP contribution >= 0.6 is 23.2 Å². The van der Waals surface area contributed by atoms with E-state index in [9.17, 15) is 14.9 Å². The number of nitrogens with zero attached hydrogens (tertiary/aromatic N) is 5. The van der Waals surface area contributed by atoms with Gasteiger partial charge in [0, 0.05) is 12.3 Å². The van der Waals surface area contributed by atoms with Crippen LogP contribution in [-0.2, 0) is 17.9 Å². The highest BCUT2D eigenvalue weighted by Crippen LogP contribution is 2.23. The summed E-state index contributed by atoms with van der Waals surface area (Å²) in [5.74, 6) is -0.0322. The maximum Gasteiger partial charge on any atom is 0.309 e. The van der Waals surface area contributed by atoms with Crippen LogP contribution in [0.25, 0.3) is 0 Å². The fourth-order valence-electron chi connectivity index (χ4n) is 2.44. The molecule has 1 N–H and O–H groups in total. The van der Waals surface area contributed by atoms with Crippen LogP contribution in [0.3, 0.4) is 0 Å². The van der Waals surface area contributed by atoms with E-state index in [1.54, 1.807) is 29.1 Å². The monoisotopic (exact) mass is 408 g/mol. The summed E-state index contributed by atoms with van der Waals surface area (Å²) >= 11 is 11.9. The Balaban J connectivity index is 1.62. The van der Waals surface area contributed by atoms with Gasteiger partial charge in [0.25, 0.3) is 0 Å². The van der Waals surface area contributed by atoms with Crippen molar-refractivity contribution in [2.24, 2.45) is 0 Å². The Bertz CT molecular complexity index is 1010. The molecule has 140 valence electrons. The van der Waals surface area contributed by atoms with E-state index in [1.807, 2.05) is 6.07 Å². The van der Waals surface area contributed by atoms with Gasteiger partial charge in [-0.05, 0) is 24.6 Å². The fraction of sp³-hybridized carbons (Fsp3) is 0.188. The van der Waals surface area contributed by atoms with Crippen LogP contribution in [0.1, 0.15) is 11.3 Å². The lowest BCUT2D eigenvalue weighted by atomic mass is 10.2. The van der Waals surface area contributed by atoms with Crippen molar-refractivity contribution in [1.82, 2.24) is 19.6 Å². The van der Waals surface area contributed by atoms with Gasteiger partial charge in [-0.1, -0.05) is 29.3 Å². The van der Waals surface area contributed by atoms with Crippen molar-refractivity contribution < 1.29 is 9.72 Å². The highest BCUT2D eigenvalue weighted by molar-refractivity contribution is 6.42. The second-order valence-corrected chi connectivity index (χ2v) is 6.54. The third kappa shape index (κ3) is 4.44. The van der Waals surface area contributed by atoms with Gasteiger partial charge in [0.2, 0.25) is 5.91 Å². The lowest BCUT2D eigenvalue weighted by Crippen LogP contribution is -2.20. The average molecular weight is 409 g/mol. The topological polar surface area (TPSA) is 108 Å². The van der Waals surface area contributed by atoms with Crippen molar-refractivity contribution in [3.8, 4) is 0 Å². The predicted molar refractivity (Wildman–Crippen MR) is 100 cm³/mol. The van der Waals surface area contributed by atoms with Crippen LogP contribution in [0.4, 0.5) is 11.5 Å². The number of anilines is 1. The largest absolute Gasteiger partial charge is 0.309 e. The predicted octanol–water partition coefficient (Wildman–Crippen LogP) is 3.29. The quantitative estimate of drug-likeness (QED) is 0.497. The average Bonchev–Trinajstić information content (AvgIpc) is 3.18. The molecule has 2 aromatic heterocycles. The van der Waals surface area contributed by atoms with Gasteiger partial charge in [-0.2, -0.15) is 10.2 Å². The van der Waals surface area contributed by atoms with Crippen LogP contribution in [0.5, 0.6) is 0 Å². The van der Waals surface area contributed by atoms with Crippen molar-refractivity contribution in [2.75, 3.05) is 5.32 Å². The molecule has 0 radical (unpaired) electrons. The van der Waals surface area contributed by atoms with Crippen LogP contribution in [0.2, 0.25) is 10.0 Å². The molecule has 0 spiro atoms. The summed E-state index contributed by atoms with van der Waals surface area (Å²) in [4.78, 5) is 22.4. The Morgan fingerprint density at radius 2 is 2.07 bits per heavy atom. The number of rotatable bonds is 6. The summed E-state index contributed by atoms with van der Waals surface area (Å²) in [6.07, 6.45) is 2.83. The molecule has 0 aliphatic rings. The molecule has 3 rings (SSSR count). The molecule has 9 nitrogen and oxygen atoms in total. The minimum absolute atomic E-state index is 0.131. The molecule has 0 saturated carbocycles. The first-order chi connectivity index (χ1) is 12.8. The lowest BCUT2D eigenvalue weighted by Gasteiger charge is -2.05. The van der Waals surface area contributed by atoms with E-state index in [0.29, 0.717) is 28.1 Å². The summed E-state index contributed by atoms with van der Waals surface area (Å²) < 4.78 is 2.90. The van der Waals surface area contributed by atoms with Gasteiger partial charge in [0.15, 0.2) is 5.82 Å². The molecule has 0 saturated heterocycles. The Hall–Kier alpha value is -2.91. The van der Waals surface area contributed by atoms with E-state index in [4.69, 9.17) is 23.2 Å². The molecule has 27 heavy (non-hydrogen) atoms. The van der Waals surface area contributed by atoms with E-state index in [-0.39, 0.29) is 12.2 Å². The van der Waals surface area contributed by atoms with Gasteiger partial charge >= 0.3 is 5.69 Å². The van der Waals surface area contributed by atoms with E-state index >= 15 is 0 Å². The molecule has 1 amide bonds. The van der Waals surface area contributed by atoms with Gasteiger partial charge in [-0.15, -0.1) is 0 Å². The van der Waals surface area contributed by atoms with Gasteiger partial charge in [-0.25, -0.2) is 0 Å². The molecule has 11 heteroatoms. The molecule has 3 aromatic rings. The van der Waals surface area contributed by atoms with E-state index in [1.165, 1.54) is 11.6 Å². The number of nitro groups is 1. The van der Waals surface area contributed by atoms with Crippen molar-refractivity contribution in [2.45, 2.75) is 20.0 Å². The molecular weight excluding hydrogens is 395 g/mol. The third-order valence-corrected chi connectivity index (χ3v) is 4.54. The second kappa shape index (κ2) is 7.77. The first-order valence-corrected chi connectivity index (χ1v) is 8.53. The zero-order chi connectivity index (χ0) is 19.6. The van der Waals surface area contributed by atoms with Crippen molar-refractivity contribution in [1.29, 1.82) is 0 Å². The number of hydrogen-bond acceptors (Lipinski definition) is 5. The highest BCUT2D eigenvalue weighted by Gasteiger charge is 2.18. The van der Waals surface area contributed by atoms with Gasteiger partial charge < -0.3 is 5.32 Å². The summed E-state index contributed by atoms with van der Waals surface area (Å²) in [6.45, 7) is 1.83. The van der Waals surface area contributed by atoms with Gasteiger partial charge in [0.1, 0.15) is 18.4 Å². The minimum Gasteiger partial charge on any atom is -0.308 e. The number of hydrogen-bond donors (Lipinski definition) is 1. The van der Waals surface area contributed by atoms with Crippen LogP contribution in [0.15, 0.2) is 36.7 Å². The lowest BCUT2D eigenvalue weighted by molar-refractivity contribution is -0.385. The first-order valence-electron chi connectivity index (χ1n) is 7.77. The smallest absolute Gasteiger partial charge is 0.308 e. The fourth-order valence-corrected chi connectivity index (χ4v) is 2.76. The van der Waals surface area contributed by atoms with Crippen LogP contribution in [0, 0.1) is 17.0 Å². The Morgan fingerprint density at radius 3 is 2.74 bits per heavy atom. The van der Waals surface area contributed by atoms with E-state index < -0.39 is 10.8 Å². The molecule has 0 fully saturated rings. The number of carbonyl (C=O) groups is 1. The third-order valence-electron chi connectivity index (χ3n) is 3.80. The number of nitrogens with one attached hydrogen (secondary N) is 1. The van der Waals surface area contributed by atoms with Crippen molar-refractivity contribution >= 4 is 40.6 Å².